The number of aromatic amines is 1. The monoisotopic (exact) mass is 492 g/mol. The zero-order valence-corrected chi connectivity index (χ0v) is 19.7. The second-order valence-corrected chi connectivity index (χ2v) is 10.3. The highest BCUT2D eigenvalue weighted by Gasteiger charge is 2.27. The molecule has 3 aromatic carbocycles. The van der Waals surface area contributed by atoms with E-state index in [4.69, 9.17) is 0 Å². The van der Waals surface area contributed by atoms with Gasteiger partial charge in [0.25, 0.3) is 0 Å². The van der Waals surface area contributed by atoms with Gasteiger partial charge in [-0.1, -0.05) is 18.2 Å². The van der Waals surface area contributed by atoms with E-state index in [1.54, 1.807) is 24.3 Å². The molecule has 0 unspecified atom stereocenters. The summed E-state index contributed by atoms with van der Waals surface area (Å²) < 4.78 is 40.6. The van der Waals surface area contributed by atoms with Gasteiger partial charge in [-0.2, -0.15) is 0 Å². The standard InChI is InChI=1S/C26H25FN4O3S/c27-18-7-5-17(6-8-18)26-23(22-3-1-2-4-24(22)28-26)15-16-25(32)30-29-19-11-13-21(14-12-19)35(33,34)31-20-9-10-20/h1-8,11-14,20,28-29,31H,9-10,15-16H2,(H,30,32). The Morgan fingerprint density at radius 2 is 1.69 bits per heavy atom. The van der Waals surface area contributed by atoms with Gasteiger partial charge in [-0.15, -0.1) is 0 Å². The number of rotatable bonds is 9. The quantitative estimate of drug-likeness (QED) is 0.259. The lowest BCUT2D eigenvalue weighted by molar-refractivity contribution is -0.120. The maximum atomic E-state index is 13.4. The van der Waals surface area contributed by atoms with Crippen molar-refractivity contribution in [2.24, 2.45) is 0 Å². The highest BCUT2D eigenvalue weighted by atomic mass is 32.2. The normalized spacial score (nSPS) is 13.6. The number of halogens is 1. The van der Waals surface area contributed by atoms with Crippen LogP contribution in [-0.4, -0.2) is 25.4 Å². The highest BCUT2D eigenvalue weighted by molar-refractivity contribution is 7.89. The second-order valence-electron chi connectivity index (χ2n) is 8.62. The van der Waals surface area contributed by atoms with Crippen LogP contribution in [0.1, 0.15) is 24.8 Å². The Kier molecular flexibility index (Phi) is 6.27. The van der Waals surface area contributed by atoms with E-state index in [-0.39, 0.29) is 29.1 Å². The molecule has 1 amide bonds. The smallest absolute Gasteiger partial charge is 0.240 e. The maximum absolute atomic E-state index is 13.4. The van der Waals surface area contributed by atoms with Gasteiger partial charge in [0.2, 0.25) is 15.9 Å². The third-order valence-corrected chi connectivity index (χ3v) is 7.50. The molecule has 180 valence electrons. The first-order valence-corrected chi connectivity index (χ1v) is 12.9. The summed E-state index contributed by atoms with van der Waals surface area (Å²) in [7, 11) is -3.52. The SMILES string of the molecule is O=C(CCc1c(-c2ccc(F)cc2)[nH]c2ccccc12)NNc1ccc(S(=O)(=O)NC2CC2)cc1. The molecular formula is C26H25FN4O3S. The van der Waals surface area contributed by atoms with Gasteiger partial charge < -0.3 is 4.98 Å². The summed E-state index contributed by atoms with van der Waals surface area (Å²) in [4.78, 5) is 16.1. The fourth-order valence-electron chi connectivity index (χ4n) is 3.97. The van der Waals surface area contributed by atoms with Crippen LogP contribution in [0.4, 0.5) is 10.1 Å². The number of hydrogen-bond acceptors (Lipinski definition) is 4. The van der Waals surface area contributed by atoms with Crippen LogP contribution in [-0.2, 0) is 21.2 Å². The molecule has 35 heavy (non-hydrogen) atoms. The molecule has 1 aliphatic carbocycles. The number of aryl methyl sites for hydroxylation is 1. The summed E-state index contributed by atoms with van der Waals surface area (Å²) in [5, 5.41) is 1.02. The molecule has 0 radical (unpaired) electrons. The van der Waals surface area contributed by atoms with E-state index >= 15 is 0 Å². The molecule has 0 bridgehead atoms. The Labute approximate surface area is 202 Å². The predicted octanol–water partition coefficient (Wildman–Crippen LogP) is 4.49. The van der Waals surface area contributed by atoms with Crippen molar-refractivity contribution in [3.63, 3.8) is 0 Å². The Hall–Kier alpha value is -3.69. The van der Waals surface area contributed by atoms with Crippen LogP contribution >= 0.6 is 0 Å². The summed E-state index contributed by atoms with van der Waals surface area (Å²) in [6, 6.07) is 20.4. The van der Waals surface area contributed by atoms with E-state index in [1.807, 2.05) is 24.3 Å². The second kappa shape index (κ2) is 9.52. The maximum Gasteiger partial charge on any atom is 0.240 e. The van der Waals surface area contributed by atoms with Gasteiger partial charge in [-0.05, 0) is 85.0 Å². The minimum atomic E-state index is -3.52. The number of carbonyl (C=O) groups excluding carboxylic acids is 1. The molecule has 7 nitrogen and oxygen atoms in total. The number of benzene rings is 3. The predicted molar refractivity (Wildman–Crippen MR) is 134 cm³/mol. The fourth-order valence-corrected chi connectivity index (χ4v) is 5.28. The van der Waals surface area contributed by atoms with Gasteiger partial charge in [0.15, 0.2) is 0 Å². The first-order valence-electron chi connectivity index (χ1n) is 11.4. The summed E-state index contributed by atoms with van der Waals surface area (Å²) in [6.45, 7) is 0. The van der Waals surface area contributed by atoms with E-state index in [9.17, 15) is 17.6 Å². The number of hydrazine groups is 1. The van der Waals surface area contributed by atoms with Crippen molar-refractivity contribution in [1.82, 2.24) is 15.1 Å². The van der Waals surface area contributed by atoms with E-state index in [1.165, 1.54) is 24.3 Å². The molecular weight excluding hydrogens is 467 g/mol. The van der Waals surface area contributed by atoms with Crippen LogP contribution in [0.2, 0.25) is 0 Å². The zero-order chi connectivity index (χ0) is 24.4. The van der Waals surface area contributed by atoms with Crippen LogP contribution in [0.3, 0.4) is 0 Å². The Morgan fingerprint density at radius 1 is 0.971 bits per heavy atom. The third-order valence-electron chi connectivity index (χ3n) is 5.96. The van der Waals surface area contributed by atoms with Gasteiger partial charge in [-0.3, -0.25) is 15.6 Å². The van der Waals surface area contributed by atoms with Crippen molar-refractivity contribution < 1.29 is 17.6 Å². The Balaban J connectivity index is 1.23. The van der Waals surface area contributed by atoms with E-state index in [0.717, 1.165) is 40.6 Å². The highest BCUT2D eigenvalue weighted by Crippen LogP contribution is 2.31. The average molecular weight is 493 g/mol. The lowest BCUT2D eigenvalue weighted by Gasteiger charge is -2.10. The van der Waals surface area contributed by atoms with Gasteiger partial charge in [0, 0.05) is 29.1 Å². The molecule has 4 aromatic rings. The number of fused-ring (bicyclic) bond motifs is 1. The molecule has 0 aliphatic heterocycles. The summed E-state index contributed by atoms with van der Waals surface area (Å²) in [5.41, 5.74) is 9.72. The van der Waals surface area contributed by atoms with Gasteiger partial charge in [0.05, 0.1) is 10.6 Å². The topological polar surface area (TPSA) is 103 Å². The van der Waals surface area contributed by atoms with Crippen molar-refractivity contribution in [2.75, 3.05) is 5.43 Å². The van der Waals surface area contributed by atoms with Crippen LogP contribution in [0.25, 0.3) is 22.2 Å². The number of anilines is 1. The zero-order valence-electron chi connectivity index (χ0n) is 18.8. The number of para-hydroxylation sites is 1. The molecule has 1 heterocycles. The Bertz CT molecular complexity index is 1460. The average Bonchev–Trinajstić information content (AvgIpc) is 3.59. The Morgan fingerprint density at radius 3 is 2.40 bits per heavy atom. The fraction of sp³-hybridized carbons (Fsp3) is 0.192. The minimum Gasteiger partial charge on any atom is -0.354 e. The molecule has 9 heteroatoms. The molecule has 1 fully saturated rings. The number of carbonyl (C=O) groups is 1. The summed E-state index contributed by atoms with van der Waals surface area (Å²) in [5.74, 6) is -0.519. The van der Waals surface area contributed by atoms with Gasteiger partial charge in [0.1, 0.15) is 5.82 Å². The summed E-state index contributed by atoms with van der Waals surface area (Å²) >= 11 is 0. The largest absolute Gasteiger partial charge is 0.354 e. The molecule has 1 saturated carbocycles. The number of hydrogen-bond donors (Lipinski definition) is 4. The van der Waals surface area contributed by atoms with Gasteiger partial charge in [-0.25, -0.2) is 17.5 Å². The van der Waals surface area contributed by atoms with Crippen molar-refractivity contribution >= 4 is 32.5 Å². The summed E-state index contributed by atoms with van der Waals surface area (Å²) in [6.07, 6.45) is 2.44. The number of aromatic nitrogens is 1. The minimum absolute atomic E-state index is 0.0396. The number of amides is 1. The molecule has 0 spiro atoms. The molecule has 1 aliphatic rings. The van der Waals surface area contributed by atoms with Gasteiger partial charge >= 0.3 is 0 Å². The number of nitrogens with one attached hydrogen (secondary N) is 4. The number of H-pyrrole nitrogens is 1. The lowest BCUT2D eigenvalue weighted by atomic mass is 10.0. The third kappa shape index (κ3) is 5.36. The van der Waals surface area contributed by atoms with Crippen LogP contribution in [0, 0.1) is 5.82 Å². The molecule has 0 atom stereocenters. The number of sulfonamides is 1. The molecule has 4 N–H and O–H groups in total. The van der Waals surface area contributed by atoms with E-state index in [0.29, 0.717) is 12.1 Å². The van der Waals surface area contributed by atoms with Crippen molar-refractivity contribution in [3.05, 3.63) is 84.2 Å². The molecule has 1 aromatic heterocycles. The van der Waals surface area contributed by atoms with Crippen LogP contribution < -0.4 is 15.6 Å². The first-order chi connectivity index (χ1) is 16.9. The van der Waals surface area contributed by atoms with Crippen molar-refractivity contribution in [1.29, 1.82) is 0 Å². The van der Waals surface area contributed by atoms with Crippen LogP contribution in [0.5, 0.6) is 0 Å². The lowest BCUT2D eigenvalue weighted by Crippen LogP contribution is -2.29. The molecule has 5 rings (SSSR count). The van der Waals surface area contributed by atoms with Crippen molar-refractivity contribution in [2.45, 2.75) is 36.6 Å². The van der Waals surface area contributed by atoms with E-state index in [2.05, 4.69) is 20.6 Å². The van der Waals surface area contributed by atoms with Crippen molar-refractivity contribution in [3.8, 4) is 11.3 Å². The van der Waals surface area contributed by atoms with Crippen LogP contribution in [0.15, 0.2) is 77.7 Å². The molecule has 0 saturated heterocycles. The van der Waals surface area contributed by atoms with E-state index < -0.39 is 10.0 Å². The first kappa shape index (κ1) is 23.1.